The zero-order valence-electron chi connectivity index (χ0n) is 16.2. The number of alkyl halides is 2. The molecule has 30 heavy (non-hydrogen) atoms. The van der Waals surface area contributed by atoms with Crippen LogP contribution in [0.3, 0.4) is 0 Å². The van der Waals surface area contributed by atoms with Crippen molar-refractivity contribution in [2.75, 3.05) is 13.1 Å². The second kappa shape index (κ2) is 9.61. The molecule has 5 nitrogen and oxygen atoms in total. The van der Waals surface area contributed by atoms with Gasteiger partial charge in [0, 0.05) is 19.0 Å². The Morgan fingerprint density at radius 2 is 1.57 bits per heavy atom. The fourth-order valence-corrected chi connectivity index (χ4v) is 4.16. The van der Waals surface area contributed by atoms with Gasteiger partial charge in [-0.1, -0.05) is 24.3 Å². The summed E-state index contributed by atoms with van der Waals surface area (Å²) < 4.78 is 61.1. The van der Waals surface area contributed by atoms with Gasteiger partial charge in [-0.25, -0.2) is 12.8 Å². The third-order valence-corrected chi connectivity index (χ3v) is 6.63. The van der Waals surface area contributed by atoms with Crippen LogP contribution in [0.5, 0.6) is 0 Å². The number of piperidine rings is 1. The van der Waals surface area contributed by atoms with Crippen LogP contribution in [0.4, 0.5) is 13.2 Å². The van der Waals surface area contributed by atoms with E-state index in [0.29, 0.717) is 39.0 Å². The molecule has 9 heteroatoms. The summed E-state index contributed by atoms with van der Waals surface area (Å²) in [5.74, 6) is -3.87. The van der Waals surface area contributed by atoms with Gasteiger partial charge in [-0.2, -0.15) is 8.78 Å². The number of benzene rings is 2. The molecule has 0 unspecified atom stereocenters. The lowest BCUT2D eigenvalue weighted by atomic mass is 9.95. The molecule has 0 aromatic heterocycles. The lowest BCUT2D eigenvalue weighted by Gasteiger charge is -2.31. The maximum absolute atomic E-state index is 12.9. The van der Waals surface area contributed by atoms with Gasteiger partial charge < -0.3 is 5.32 Å². The van der Waals surface area contributed by atoms with Crippen molar-refractivity contribution in [2.45, 2.75) is 36.6 Å². The highest BCUT2D eigenvalue weighted by Crippen LogP contribution is 2.22. The molecule has 0 bridgehead atoms. The standard InChI is InChI=1S/C21H23F3N2O3S/c22-18-5-1-15(2-6-18)13-25-20(27)17-9-11-26(12-10-17)14-16-3-7-19(8-4-16)30(28,29)21(23)24/h1-8,17,21H,9-14H2,(H,25,27). The third kappa shape index (κ3) is 5.60. The van der Waals surface area contributed by atoms with E-state index in [2.05, 4.69) is 10.2 Å². The zero-order chi connectivity index (χ0) is 21.7. The molecule has 1 fully saturated rings. The first-order chi connectivity index (χ1) is 14.3. The number of likely N-dealkylation sites (tertiary alicyclic amines) is 1. The Kier molecular flexibility index (Phi) is 7.14. The second-order valence-electron chi connectivity index (χ2n) is 7.34. The quantitative estimate of drug-likeness (QED) is 0.717. The summed E-state index contributed by atoms with van der Waals surface area (Å²) in [4.78, 5) is 14.1. The average molecular weight is 440 g/mol. The minimum absolute atomic E-state index is 0.0273. The van der Waals surface area contributed by atoms with Gasteiger partial charge in [-0.05, 0) is 61.3 Å². The van der Waals surface area contributed by atoms with E-state index in [-0.39, 0.29) is 17.6 Å². The molecule has 2 aromatic rings. The normalized spacial score (nSPS) is 16.0. The summed E-state index contributed by atoms with van der Waals surface area (Å²) in [5, 5.41) is 2.88. The second-order valence-corrected chi connectivity index (χ2v) is 9.26. The molecular formula is C21H23F3N2O3S. The van der Waals surface area contributed by atoms with Crippen molar-refractivity contribution < 1.29 is 26.4 Å². The number of carbonyl (C=O) groups excluding carboxylic acids is 1. The molecule has 1 aliphatic rings. The van der Waals surface area contributed by atoms with E-state index < -0.39 is 20.5 Å². The number of rotatable bonds is 7. The number of hydrogen-bond donors (Lipinski definition) is 1. The highest BCUT2D eigenvalue weighted by atomic mass is 32.2. The Hall–Kier alpha value is -2.39. The van der Waals surface area contributed by atoms with Crippen LogP contribution in [0.15, 0.2) is 53.4 Å². The highest BCUT2D eigenvalue weighted by molar-refractivity contribution is 7.91. The Bertz CT molecular complexity index is 956. The Morgan fingerprint density at radius 3 is 2.13 bits per heavy atom. The summed E-state index contributed by atoms with van der Waals surface area (Å²) in [6, 6.07) is 11.5. The number of halogens is 3. The van der Waals surface area contributed by atoms with E-state index in [1.165, 1.54) is 36.4 Å². The van der Waals surface area contributed by atoms with Crippen LogP contribution >= 0.6 is 0 Å². The molecule has 1 aliphatic heterocycles. The molecule has 1 N–H and O–H groups in total. The van der Waals surface area contributed by atoms with Gasteiger partial charge in [0.2, 0.25) is 15.7 Å². The fraction of sp³-hybridized carbons (Fsp3) is 0.381. The van der Waals surface area contributed by atoms with Crippen LogP contribution in [-0.4, -0.2) is 38.1 Å². The predicted octanol–water partition coefficient (Wildman–Crippen LogP) is 3.35. The summed E-state index contributed by atoms with van der Waals surface area (Å²) >= 11 is 0. The van der Waals surface area contributed by atoms with Gasteiger partial charge in [0.1, 0.15) is 5.82 Å². The molecule has 0 atom stereocenters. The minimum atomic E-state index is -4.58. The van der Waals surface area contributed by atoms with E-state index in [0.717, 1.165) is 11.1 Å². The summed E-state index contributed by atoms with van der Waals surface area (Å²) in [6.07, 6.45) is 1.38. The maximum Gasteiger partial charge on any atom is 0.341 e. The number of amides is 1. The van der Waals surface area contributed by atoms with Crippen LogP contribution in [0.1, 0.15) is 24.0 Å². The predicted molar refractivity (Wildman–Crippen MR) is 106 cm³/mol. The molecule has 1 amide bonds. The van der Waals surface area contributed by atoms with Crippen molar-refractivity contribution in [2.24, 2.45) is 5.92 Å². The van der Waals surface area contributed by atoms with Crippen molar-refractivity contribution >= 4 is 15.7 Å². The van der Waals surface area contributed by atoms with Crippen molar-refractivity contribution in [1.29, 1.82) is 0 Å². The molecule has 3 rings (SSSR count). The molecular weight excluding hydrogens is 417 g/mol. The van der Waals surface area contributed by atoms with Crippen LogP contribution in [0, 0.1) is 11.7 Å². The van der Waals surface area contributed by atoms with Gasteiger partial charge >= 0.3 is 5.76 Å². The molecule has 1 heterocycles. The topological polar surface area (TPSA) is 66.5 Å². The van der Waals surface area contributed by atoms with Crippen LogP contribution in [-0.2, 0) is 27.7 Å². The number of hydrogen-bond acceptors (Lipinski definition) is 4. The van der Waals surface area contributed by atoms with Gasteiger partial charge in [0.15, 0.2) is 0 Å². The van der Waals surface area contributed by atoms with Crippen molar-refractivity contribution in [3.8, 4) is 0 Å². The zero-order valence-corrected chi connectivity index (χ0v) is 17.0. The summed E-state index contributed by atoms with van der Waals surface area (Å²) in [6.45, 7) is 2.31. The van der Waals surface area contributed by atoms with E-state index in [1.54, 1.807) is 12.1 Å². The van der Waals surface area contributed by atoms with E-state index in [9.17, 15) is 26.4 Å². The molecule has 0 spiro atoms. The molecule has 2 aromatic carbocycles. The van der Waals surface area contributed by atoms with E-state index >= 15 is 0 Å². The van der Waals surface area contributed by atoms with Crippen molar-refractivity contribution in [3.05, 3.63) is 65.5 Å². The number of nitrogens with one attached hydrogen (secondary N) is 1. The van der Waals surface area contributed by atoms with Crippen LogP contribution in [0.2, 0.25) is 0 Å². The third-order valence-electron chi connectivity index (χ3n) is 5.23. The first-order valence-corrected chi connectivity index (χ1v) is 11.2. The van der Waals surface area contributed by atoms with Crippen molar-refractivity contribution in [1.82, 2.24) is 10.2 Å². The van der Waals surface area contributed by atoms with Crippen LogP contribution in [0.25, 0.3) is 0 Å². The van der Waals surface area contributed by atoms with Gasteiger partial charge in [0.25, 0.3) is 0 Å². The number of sulfone groups is 1. The molecule has 0 aliphatic carbocycles. The van der Waals surface area contributed by atoms with Gasteiger partial charge in [0.05, 0.1) is 4.90 Å². The fourth-order valence-electron chi connectivity index (χ4n) is 3.43. The monoisotopic (exact) mass is 440 g/mol. The Labute approximate surface area is 173 Å². The summed E-state index contributed by atoms with van der Waals surface area (Å²) in [7, 11) is -4.58. The van der Waals surface area contributed by atoms with Crippen LogP contribution < -0.4 is 5.32 Å². The highest BCUT2D eigenvalue weighted by Gasteiger charge is 2.27. The molecule has 1 saturated heterocycles. The smallest absolute Gasteiger partial charge is 0.341 e. The first-order valence-electron chi connectivity index (χ1n) is 9.61. The van der Waals surface area contributed by atoms with Gasteiger partial charge in [-0.15, -0.1) is 0 Å². The van der Waals surface area contributed by atoms with Gasteiger partial charge in [-0.3, -0.25) is 9.69 Å². The number of carbonyl (C=O) groups is 1. The SMILES string of the molecule is O=C(NCc1ccc(F)cc1)C1CCN(Cc2ccc(S(=O)(=O)C(F)F)cc2)CC1. The Balaban J connectivity index is 1.46. The van der Waals surface area contributed by atoms with Crippen molar-refractivity contribution in [3.63, 3.8) is 0 Å². The minimum Gasteiger partial charge on any atom is -0.352 e. The average Bonchev–Trinajstić information content (AvgIpc) is 2.74. The molecule has 162 valence electrons. The lowest BCUT2D eigenvalue weighted by Crippen LogP contribution is -2.40. The first kappa shape index (κ1) is 22.3. The summed E-state index contributed by atoms with van der Waals surface area (Å²) in [5.41, 5.74) is 1.65. The molecule has 0 radical (unpaired) electrons. The number of nitrogens with zero attached hydrogens (tertiary/aromatic N) is 1. The lowest BCUT2D eigenvalue weighted by molar-refractivity contribution is -0.126. The largest absolute Gasteiger partial charge is 0.352 e. The Morgan fingerprint density at radius 1 is 1.00 bits per heavy atom. The van der Waals surface area contributed by atoms with E-state index in [4.69, 9.17) is 0 Å². The maximum atomic E-state index is 12.9. The van der Waals surface area contributed by atoms with E-state index in [1.807, 2.05) is 0 Å². The molecule has 0 saturated carbocycles.